The number of hydrogen-bond acceptors (Lipinski definition) is 6. The largest absolute Gasteiger partial charge is 0.479 e. The molecule has 8 heteroatoms. The Hall–Kier alpha value is -2.74. The Morgan fingerprint density at radius 3 is 2.68 bits per heavy atom. The molecule has 0 N–H and O–H groups in total. The van der Waals surface area contributed by atoms with E-state index in [2.05, 4.69) is 26.2 Å². The third-order valence-corrected chi connectivity index (χ3v) is 3.95. The molecule has 1 aromatic heterocycles. The number of benzene rings is 2. The summed E-state index contributed by atoms with van der Waals surface area (Å²) in [6, 6.07) is 13.9. The van der Waals surface area contributed by atoms with Gasteiger partial charge in [-0.15, -0.1) is 5.10 Å². The van der Waals surface area contributed by atoms with Crippen LogP contribution in [-0.4, -0.2) is 27.1 Å². The fourth-order valence-electron chi connectivity index (χ4n) is 2.12. The van der Waals surface area contributed by atoms with E-state index >= 15 is 0 Å². The summed E-state index contributed by atoms with van der Waals surface area (Å²) in [6.45, 7) is 1.24. The van der Waals surface area contributed by atoms with Crippen molar-refractivity contribution in [1.29, 1.82) is 0 Å². The van der Waals surface area contributed by atoms with Crippen molar-refractivity contribution in [3.8, 4) is 5.75 Å². The van der Waals surface area contributed by atoms with Crippen molar-refractivity contribution in [3.63, 3.8) is 0 Å². The molecule has 0 aliphatic heterocycles. The Balaban J connectivity index is 1.64. The molecule has 3 aromatic rings. The highest BCUT2D eigenvalue weighted by atomic mass is 79.9. The third-order valence-electron chi connectivity index (χ3n) is 3.42. The molecule has 0 saturated carbocycles. The number of aromatic nitrogens is 3. The topological polar surface area (TPSA) is 83.3 Å². The second kappa shape index (κ2) is 7.43. The number of carbonyl (C=O) groups excluding carboxylic acids is 1. The summed E-state index contributed by atoms with van der Waals surface area (Å²) in [5.74, 6) is -0.0694. The van der Waals surface area contributed by atoms with Crippen molar-refractivity contribution in [2.24, 2.45) is 0 Å². The zero-order valence-corrected chi connectivity index (χ0v) is 14.8. The van der Waals surface area contributed by atoms with E-state index in [1.807, 2.05) is 0 Å². The molecular formula is C17H14BrN3O4. The second-order valence-electron chi connectivity index (χ2n) is 5.22. The maximum absolute atomic E-state index is 12.3. The van der Waals surface area contributed by atoms with Crippen LogP contribution in [0.4, 0.5) is 0 Å². The molecule has 0 fully saturated rings. The highest BCUT2D eigenvalue weighted by Gasteiger charge is 2.17. The fraction of sp³-hybridized carbons (Fsp3) is 0.176. The molecule has 25 heavy (non-hydrogen) atoms. The van der Waals surface area contributed by atoms with Crippen LogP contribution < -0.4 is 10.3 Å². The number of fused-ring (bicyclic) bond motifs is 1. The Kier molecular flexibility index (Phi) is 5.08. The van der Waals surface area contributed by atoms with Gasteiger partial charge in [0, 0.05) is 4.47 Å². The molecule has 1 atom stereocenters. The fourth-order valence-corrected chi connectivity index (χ4v) is 2.38. The molecule has 0 saturated heterocycles. The van der Waals surface area contributed by atoms with Crippen molar-refractivity contribution in [1.82, 2.24) is 15.0 Å². The first-order valence-corrected chi connectivity index (χ1v) is 8.25. The number of hydrogen-bond donors (Lipinski definition) is 0. The maximum atomic E-state index is 12.3. The lowest BCUT2D eigenvalue weighted by atomic mass is 10.2. The SMILES string of the molecule is C[C@@H](Oc1ccc(Br)cc1)C(=O)OCn1nnc2ccccc2c1=O. The van der Waals surface area contributed by atoms with Gasteiger partial charge in [0.05, 0.1) is 5.39 Å². The van der Waals surface area contributed by atoms with Crippen LogP contribution in [0, 0.1) is 0 Å². The Morgan fingerprint density at radius 1 is 1.20 bits per heavy atom. The Bertz CT molecular complexity index is 956. The maximum Gasteiger partial charge on any atom is 0.348 e. The summed E-state index contributed by atoms with van der Waals surface area (Å²) in [4.78, 5) is 24.3. The van der Waals surface area contributed by atoms with E-state index in [-0.39, 0.29) is 12.3 Å². The molecule has 0 radical (unpaired) electrons. The van der Waals surface area contributed by atoms with Crippen molar-refractivity contribution in [3.05, 3.63) is 63.4 Å². The van der Waals surface area contributed by atoms with Gasteiger partial charge in [-0.3, -0.25) is 4.79 Å². The normalized spacial score (nSPS) is 11.9. The van der Waals surface area contributed by atoms with Crippen LogP contribution in [0.2, 0.25) is 0 Å². The van der Waals surface area contributed by atoms with Gasteiger partial charge in [-0.1, -0.05) is 33.3 Å². The summed E-state index contributed by atoms with van der Waals surface area (Å²) >= 11 is 3.32. The lowest BCUT2D eigenvalue weighted by Gasteiger charge is -2.14. The zero-order chi connectivity index (χ0) is 17.8. The number of carbonyl (C=O) groups is 1. The minimum Gasteiger partial charge on any atom is -0.479 e. The predicted octanol–water partition coefficient (Wildman–Crippen LogP) is 2.52. The van der Waals surface area contributed by atoms with Gasteiger partial charge in [0.2, 0.25) is 0 Å². The lowest BCUT2D eigenvalue weighted by molar-refractivity contribution is -0.155. The third kappa shape index (κ3) is 4.03. The van der Waals surface area contributed by atoms with Crippen molar-refractivity contribution < 1.29 is 14.3 Å². The van der Waals surface area contributed by atoms with Crippen LogP contribution >= 0.6 is 15.9 Å². The molecule has 128 valence electrons. The standard InChI is InChI=1S/C17H14BrN3O4/c1-11(25-13-8-6-12(18)7-9-13)17(23)24-10-21-16(22)14-4-2-3-5-15(14)19-20-21/h2-9,11H,10H2,1H3/t11-/m1/s1. The van der Waals surface area contributed by atoms with Crippen molar-refractivity contribution in [2.75, 3.05) is 0 Å². The van der Waals surface area contributed by atoms with Crippen LogP contribution in [-0.2, 0) is 16.3 Å². The molecule has 0 amide bonds. The minimum atomic E-state index is -0.828. The molecular weight excluding hydrogens is 390 g/mol. The van der Waals surface area contributed by atoms with Crippen LogP contribution in [0.15, 0.2) is 57.8 Å². The molecule has 7 nitrogen and oxygen atoms in total. The first kappa shape index (κ1) is 17.1. The van der Waals surface area contributed by atoms with Crippen molar-refractivity contribution >= 4 is 32.8 Å². The van der Waals surface area contributed by atoms with E-state index in [1.54, 1.807) is 55.5 Å². The molecule has 0 aliphatic carbocycles. The van der Waals surface area contributed by atoms with E-state index in [0.717, 1.165) is 9.15 Å². The smallest absolute Gasteiger partial charge is 0.348 e. The van der Waals surface area contributed by atoms with Crippen LogP contribution in [0.25, 0.3) is 10.9 Å². The number of nitrogens with zero attached hydrogens (tertiary/aromatic N) is 3. The van der Waals surface area contributed by atoms with Crippen LogP contribution in [0.1, 0.15) is 6.92 Å². The summed E-state index contributed by atoms with van der Waals surface area (Å²) < 4.78 is 12.5. The van der Waals surface area contributed by atoms with Gasteiger partial charge in [0.25, 0.3) is 5.56 Å². The van der Waals surface area contributed by atoms with Gasteiger partial charge < -0.3 is 9.47 Å². The predicted molar refractivity (Wildman–Crippen MR) is 94.1 cm³/mol. The van der Waals surface area contributed by atoms with Gasteiger partial charge in [0.1, 0.15) is 11.3 Å². The average Bonchev–Trinajstić information content (AvgIpc) is 2.63. The van der Waals surface area contributed by atoms with Gasteiger partial charge in [-0.2, -0.15) is 4.68 Å². The van der Waals surface area contributed by atoms with Gasteiger partial charge in [0.15, 0.2) is 12.8 Å². The van der Waals surface area contributed by atoms with E-state index in [0.29, 0.717) is 16.7 Å². The van der Waals surface area contributed by atoms with Crippen LogP contribution in [0.3, 0.4) is 0 Å². The van der Waals surface area contributed by atoms with Gasteiger partial charge in [-0.25, -0.2) is 4.79 Å². The molecule has 2 aromatic carbocycles. The molecule has 0 spiro atoms. The summed E-state index contributed by atoms with van der Waals surface area (Å²) in [7, 11) is 0. The summed E-state index contributed by atoms with van der Waals surface area (Å²) in [5.41, 5.74) is 0.113. The molecule has 0 aliphatic rings. The number of esters is 1. The Morgan fingerprint density at radius 2 is 1.92 bits per heavy atom. The highest BCUT2D eigenvalue weighted by molar-refractivity contribution is 9.10. The highest BCUT2D eigenvalue weighted by Crippen LogP contribution is 2.17. The van der Waals surface area contributed by atoms with Gasteiger partial charge >= 0.3 is 5.97 Å². The average molecular weight is 404 g/mol. The quantitative estimate of drug-likeness (QED) is 0.608. The van der Waals surface area contributed by atoms with Crippen LogP contribution in [0.5, 0.6) is 5.75 Å². The summed E-state index contributed by atoms with van der Waals surface area (Å²) in [6.07, 6.45) is -0.828. The lowest BCUT2D eigenvalue weighted by Crippen LogP contribution is -2.31. The van der Waals surface area contributed by atoms with E-state index < -0.39 is 12.1 Å². The molecule has 3 rings (SSSR count). The molecule has 0 unspecified atom stereocenters. The zero-order valence-electron chi connectivity index (χ0n) is 13.3. The minimum absolute atomic E-state index is 0.330. The van der Waals surface area contributed by atoms with E-state index in [4.69, 9.17) is 9.47 Å². The first-order chi connectivity index (χ1) is 12.0. The number of rotatable bonds is 5. The van der Waals surface area contributed by atoms with Gasteiger partial charge in [-0.05, 0) is 43.3 Å². The summed E-state index contributed by atoms with van der Waals surface area (Å²) in [5, 5.41) is 8.10. The van der Waals surface area contributed by atoms with E-state index in [1.165, 1.54) is 0 Å². The molecule has 0 bridgehead atoms. The number of ether oxygens (including phenoxy) is 2. The second-order valence-corrected chi connectivity index (χ2v) is 6.13. The van der Waals surface area contributed by atoms with Crippen molar-refractivity contribution in [2.45, 2.75) is 19.8 Å². The monoisotopic (exact) mass is 403 g/mol. The Labute approximate surface area is 151 Å². The number of halogens is 1. The van der Waals surface area contributed by atoms with E-state index in [9.17, 15) is 9.59 Å². The molecule has 1 heterocycles. The first-order valence-electron chi connectivity index (χ1n) is 7.46.